The second kappa shape index (κ2) is 7.11. The van der Waals surface area contributed by atoms with Crippen molar-refractivity contribution in [3.63, 3.8) is 0 Å². The molecule has 0 radical (unpaired) electrons. The van der Waals surface area contributed by atoms with Gasteiger partial charge in [0.25, 0.3) is 0 Å². The van der Waals surface area contributed by atoms with Crippen LogP contribution in [0.25, 0.3) is 0 Å². The Morgan fingerprint density at radius 3 is 2.30 bits per heavy atom. The topological polar surface area (TPSA) is 15.3 Å². The van der Waals surface area contributed by atoms with E-state index in [2.05, 4.69) is 79.6 Å². The molecule has 0 aromatic heterocycles. The number of hydrogen-bond donors (Lipinski definition) is 1. The van der Waals surface area contributed by atoms with Gasteiger partial charge in [-0.15, -0.1) is 0 Å². The zero-order valence-corrected chi connectivity index (χ0v) is 12.6. The Kier molecular flexibility index (Phi) is 5.19. The zero-order chi connectivity index (χ0) is 14.4. The van der Waals surface area contributed by atoms with Crippen molar-refractivity contribution in [2.75, 3.05) is 18.5 Å². The van der Waals surface area contributed by atoms with Crippen molar-refractivity contribution in [2.24, 2.45) is 5.92 Å². The molecule has 0 saturated heterocycles. The molecular formula is C18H24N2. The van der Waals surface area contributed by atoms with Gasteiger partial charge >= 0.3 is 0 Å². The summed E-state index contributed by atoms with van der Waals surface area (Å²) in [5.74, 6) is 0.675. The number of nitrogens with one attached hydrogen (secondary N) is 1. The number of rotatable bonds is 6. The third-order valence-electron chi connectivity index (χ3n) is 3.36. The number of hydrogen-bond acceptors (Lipinski definition) is 2. The molecule has 0 aliphatic carbocycles. The lowest BCUT2D eigenvalue weighted by molar-refractivity contribution is 0.552. The molecule has 2 rings (SSSR count). The summed E-state index contributed by atoms with van der Waals surface area (Å²) >= 11 is 0. The molecular weight excluding hydrogens is 244 g/mol. The van der Waals surface area contributed by atoms with Crippen LogP contribution in [0.3, 0.4) is 0 Å². The molecule has 0 amide bonds. The van der Waals surface area contributed by atoms with Crippen LogP contribution in [0, 0.1) is 5.92 Å². The standard InChI is InChI=1S/C18H24N2/c1-15(2)13-19-14-16-9-7-8-12-18(16)20(3)17-10-5-4-6-11-17/h4-12,15,19H,13-14H2,1-3H3. The van der Waals surface area contributed by atoms with E-state index in [1.54, 1.807) is 0 Å². The minimum absolute atomic E-state index is 0.675. The first-order valence-electron chi connectivity index (χ1n) is 7.26. The maximum absolute atomic E-state index is 3.52. The van der Waals surface area contributed by atoms with Gasteiger partial charge in [-0.05, 0) is 36.2 Å². The van der Waals surface area contributed by atoms with Crippen LogP contribution in [-0.2, 0) is 6.54 Å². The molecule has 0 saturated carbocycles. The first-order valence-corrected chi connectivity index (χ1v) is 7.26. The normalized spacial score (nSPS) is 10.8. The molecule has 0 heterocycles. The van der Waals surface area contributed by atoms with E-state index in [4.69, 9.17) is 0 Å². The highest BCUT2D eigenvalue weighted by Crippen LogP contribution is 2.26. The third-order valence-corrected chi connectivity index (χ3v) is 3.36. The minimum Gasteiger partial charge on any atom is -0.344 e. The van der Waals surface area contributed by atoms with Crippen LogP contribution in [-0.4, -0.2) is 13.6 Å². The van der Waals surface area contributed by atoms with Crippen molar-refractivity contribution >= 4 is 11.4 Å². The molecule has 2 heteroatoms. The lowest BCUT2D eigenvalue weighted by atomic mass is 10.1. The van der Waals surface area contributed by atoms with Crippen LogP contribution < -0.4 is 10.2 Å². The summed E-state index contributed by atoms with van der Waals surface area (Å²) in [6.07, 6.45) is 0. The smallest absolute Gasteiger partial charge is 0.0453 e. The van der Waals surface area contributed by atoms with Gasteiger partial charge in [0.1, 0.15) is 0 Å². The Hall–Kier alpha value is -1.80. The molecule has 2 aromatic rings. The SMILES string of the molecule is CC(C)CNCc1ccccc1N(C)c1ccccc1. The third kappa shape index (κ3) is 3.84. The Morgan fingerprint density at radius 2 is 1.60 bits per heavy atom. The van der Waals surface area contributed by atoms with E-state index in [-0.39, 0.29) is 0 Å². The monoisotopic (exact) mass is 268 g/mol. The highest BCUT2D eigenvalue weighted by Gasteiger charge is 2.08. The average Bonchev–Trinajstić information content (AvgIpc) is 2.47. The summed E-state index contributed by atoms with van der Waals surface area (Å²) in [7, 11) is 2.12. The van der Waals surface area contributed by atoms with Crippen molar-refractivity contribution in [2.45, 2.75) is 20.4 Å². The summed E-state index contributed by atoms with van der Waals surface area (Å²) in [6.45, 7) is 6.42. The first kappa shape index (κ1) is 14.6. The molecule has 0 aliphatic heterocycles. The van der Waals surface area contributed by atoms with Gasteiger partial charge in [0.15, 0.2) is 0 Å². The van der Waals surface area contributed by atoms with Crippen LogP contribution in [0.15, 0.2) is 54.6 Å². The lowest BCUT2D eigenvalue weighted by Gasteiger charge is -2.23. The highest BCUT2D eigenvalue weighted by atomic mass is 15.1. The number of para-hydroxylation sites is 2. The summed E-state index contributed by atoms with van der Waals surface area (Å²) in [5.41, 5.74) is 3.80. The van der Waals surface area contributed by atoms with Gasteiger partial charge in [-0.3, -0.25) is 0 Å². The number of benzene rings is 2. The molecule has 0 fully saturated rings. The highest BCUT2D eigenvalue weighted by molar-refractivity contribution is 5.65. The van der Waals surface area contributed by atoms with Crippen molar-refractivity contribution in [1.82, 2.24) is 5.32 Å². The first-order chi connectivity index (χ1) is 9.68. The maximum atomic E-state index is 3.52. The predicted octanol–water partition coefficient (Wildman–Crippen LogP) is 4.20. The van der Waals surface area contributed by atoms with Gasteiger partial charge in [0, 0.05) is 25.0 Å². The molecule has 106 valence electrons. The van der Waals surface area contributed by atoms with Crippen LogP contribution in [0.4, 0.5) is 11.4 Å². The fraction of sp³-hybridized carbons (Fsp3) is 0.333. The van der Waals surface area contributed by atoms with E-state index in [1.807, 2.05) is 6.07 Å². The second-order valence-electron chi connectivity index (χ2n) is 5.55. The van der Waals surface area contributed by atoms with Gasteiger partial charge in [0.2, 0.25) is 0 Å². The fourth-order valence-corrected chi connectivity index (χ4v) is 2.27. The van der Waals surface area contributed by atoms with E-state index in [0.29, 0.717) is 5.92 Å². The van der Waals surface area contributed by atoms with Crippen LogP contribution in [0.1, 0.15) is 19.4 Å². The van der Waals surface area contributed by atoms with E-state index >= 15 is 0 Å². The maximum Gasteiger partial charge on any atom is 0.0453 e. The zero-order valence-electron chi connectivity index (χ0n) is 12.6. The van der Waals surface area contributed by atoms with Gasteiger partial charge in [-0.25, -0.2) is 0 Å². The quantitative estimate of drug-likeness (QED) is 0.844. The Bertz CT molecular complexity index is 520. The number of anilines is 2. The summed E-state index contributed by atoms with van der Waals surface area (Å²) < 4.78 is 0. The van der Waals surface area contributed by atoms with E-state index < -0.39 is 0 Å². The van der Waals surface area contributed by atoms with Gasteiger partial charge in [-0.2, -0.15) is 0 Å². The number of nitrogens with zero attached hydrogens (tertiary/aromatic N) is 1. The molecule has 0 unspecified atom stereocenters. The van der Waals surface area contributed by atoms with Crippen molar-refractivity contribution in [1.29, 1.82) is 0 Å². The van der Waals surface area contributed by atoms with Gasteiger partial charge in [-0.1, -0.05) is 50.2 Å². The summed E-state index contributed by atoms with van der Waals surface area (Å²) in [5, 5.41) is 3.52. The second-order valence-corrected chi connectivity index (χ2v) is 5.55. The summed E-state index contributed by atoms with van der Waals surface area (Å²) in [6, 6.07) is 19.1. The Balaban J connectivity index is 2.15. The molecule has 2 nitrogen and oxygen atoms in total. The summed E-state index contributed by atoms with van der Waals surface area (Å²) in [4.78, 5) is 2.24. The van der Waals surface area contributed by atoms with Crippen molar-refractivity contribution < 1.29 is 0 Å². The molecule has 0 aliphatic rings. The van der Waals surface area contributed by atoms with Crippen molar-refractivity contribution in [3.05, 3.63) is 60.2 Å². The molecule has 1 N–H and O–H groups in total. The minimum atomic E-state index is 0.675. The largest absolute Gasteiger partial charge is 0.344 e. The van der Waals surface area contributed by atoms with Crippen LogP contribution in [0.5, 0.6) is 0 Å². The Morgan fingerprint density at radius 1 is 0.950 bits per heavy atom. The molecule has 0 bridgehead atoms. The lowest BCUT2D eigenvalue weighted by Crippen LogP contribution is -2.21. The molecule has 0 spiro atoms. The van der Waals surface area contributed by atoms with Crippen LogP contribution in [0.2, 0.25) is 0 Å². The van der Waals surface area contributed by atoms with Gasteiger partial charge < -0.3 is 10.2 Å². The van der Waals surface area contributed by atoms with Crippen LogP contribution >= 0.6 is 0 Å². The van der Waals surface area contributed by atoms with E-state index in [0.717, 1.165) is 13.1 Å². The van der Waals surface area contributed by atoms with Gasteiger partial charge in [0.05, 0.1) is 0 Å². The molecule has 2 aromatic carbocycles. The molecule has 20 heavy (non-hydrogen) atoms. The van der Waals surface area contributed by atoms with E-state index in [9.17, 15) is 0 Å². The predicted molar refractivity (Wildman–Crippen MR) is 87.5 cm³/mol. The van der Waals surface area contributed by atoms with E-state index in [1.165, 1.54) is 16.9 Å². The average molecular weight is 268 g/mol. The van der Waals surface area contributed by atoms with Crippen molar-refractivity contribution in [3.8, 4) is 0 Å². The Labute approximate surface area is 122 Å². The molecule has 0 atom stereocenters. The fourth-order valence-electron chi connectivity index (χ4n) is 2.27.